The maximum Gasteiger partial charge on any atom is 0.241 e. The molecule has 0 aliphatic carbocycles. The summed E-state index contributed by atoms with van der Waals surface area (Å²) >= 11 is 5.80. The number of anilines is 1. The molecular formula is C14H19ClN2O2. The lowest BCUT2D eigenvalue weighted by Gasteiger charge is -2.33. The van der Waals surface area contributed by atoms with Crippen LogP contribution >= 0.6 is 11.6 Å². The van der Waals surface area contributed by atoms with Crippen LogP contribution in [0.25, 0.3) is 0 Å². The first-order valence-electron chi connectivity index (χ1n) is 6.55. The second kappa shape index (κ2) is 6.37. The Bertz CT molecular complexity index is 428. The zero-order valence-corrected chi connectivity index (χ0v) is 11.7. The molecule has 2 N–H and O–H groups in total. The summed E-state index contributed by atoms with van der Waals surface area (Å²) in [5, 5.41) is 13.0. The minimum Gasteiger partial charge on any atom is -0.393 e. The van der Waals surface area contributed by atoms with Crippen molar-refractivity contribution in [1.29, 1.82) is 0 Å². The molecule has 19 heavy (non-hydrogen) atoms. The molecule has 0 spiro atoms. The molecule has 1 aromatic rings. The number of piperidine rings is 1. The molecule has 0 aromatic heterocycles. The van der Waals surface area contributed by atoms with Gasteiger partial charge in [-0.1, -0.05) is 11.6 Å². The van der Waals surface area contributed by atoms with Crippen LogP contribution in [0, 0.1) is 0 Å². The van der Waals surface area contributed by atoms with Gasteiger partial charge in [0.15, 0.2) is 0 Å². The van der Waals surface area contributed by atoms with E-state index in [4.69, 9.17) is 11.6 Å². The van der Waals surface area contributed by atoms with E-state index in [1.54, 1.807) is 24.3 Å². The molecule has 2 rings (SSSR count). The van der Waals surface area contributed by atoms with Crippen LogP contribution in [0.2, 0.25) is 5.02 Å². The Morgan fingerprint density at radius 3 is 2.53 bits per heavy atom. The van der Waals surface area contributed by atoms with Gasteiger partial charge in [-0.15, -0.1) is 0 Å². The van der Waals surface area contributed by atoms with Crippen LogP contribution in [0.4, 0.5) is 5.69 Å². The molecule has 1 aliphatic rings. The first-order chi connectivity index (χ1) is 9.06. The number of benzene rings is 1. The SMILES string of the molecule is CC(C(=O)Nc1ccc(Cl)cc1)N1CCC(O)CC1. The van der Waals surface area contributed by atoms with Crippen molar-refractivity contribution >= 4 is 23.2 Å². The number of hydrogen-bond donors (Lipinski definition) is 2. The van der Waals surface area contributed by atoms with E-state index in [0.29, 0.717) is 5.02 Å². The summed E-state index contributed by atoms with van der Waals surface area (Å²) in [6, 6.07) is 6.88. The summed E-state index contributed by atoms with van der Waals surface area (Å²) in [5.74, 6) is -0.0290. The molecule has 1 amide bonds. The number of halogens is 1. The maximum absolute atomic E-state index is 12.1. The zero-order valence-electron chi connectivity index (χ0n) is 11.0. The monoisotopic (exact) mass is 282 g/mol. The highest BCUT2D eigenvalue weighted by Crippen LogP contribution is 2.16. The molecular weight excluding hydrogens is 264 g/mol. The Balaban J connectivity index is 1.90. The van der Waals surface area contributed by atoms with Gasteiger partial charge in [-0.3, -0.25) is 9.69 Å². The van der Waals surface area contributed by atoms with Crippen LogP contribution in [0.3, 0.4) is 0 Å². The maximum atomic E-state index is 12.1. The van der Waals surface area contributed by atoms with Crippen LogP contribution in [-0.4, -0.2) is 41.1 Å². The minimum atomic E-state index is -0.220. The molecule has 1 saturated heterocycles. The van der Waals surface area contributed by atoms with Crippen LogP contribution in [0.5, 0.6) is 0 Å². The fourth-order valence-corrected chi connectivity index (χ4v) is 2.34. The molecule has 0 bridgehead atoms. The standard InChI is InChI=1S/C14H19ClN2O2/c1-10(17-8-6-13(18)7-9-17)14(19)16-12-4-2-11(15)3-5-12/h2-5,10,13,18H,6-9H2,1H3,(H,16,19). The second-order valence-electron chi connectivity index (χ2n) is 4.94. The first kappa shape index (κ1) is 14.3. The smallest absolute Gasteiger partial charge is 0.241 e. The van der Waals surface area contributed by atoms with E-state index in [1.807, 2.05) is 6.92 Å². The van der Waals surface area contributed by atoms with Crippen LogP contribution in [0.15, 0.2) is 24.3 Å². The van der Waals surface area contributed by atoms with E-state index < -0.39 is 0 Å². The first-order valence-corrected chi connectivity index (χ1v) is 6.92. The second-order valence-corrected chi connectivity index (χ2v) is 5.38. The highest BCUT2D eigenvalue weighted by molar-refractivity contribution is 6.30. The van der Waals surface area contributed by atoms with Crippen molar-refractivity contribution in [1.82, 2.24) is 4.90 Å². The van der Waals surface area contributed by atoms with Crippen molar-refractivity contribution in [3.05, 3.63) is 29.3 Å². The van der Waals surface area contributed by atoms with Gasteiger partial charge >= 0.3 is 0 Å². The number of nitrogens with zero attached hydrogens (tertiary/aromatic N) is 1. The third-order valence-corrected chi connectivity index (χ3v) is 3.79. The normalized spacial score (nSPS) is 19.1. The zero-order chi connectivity index (χ0) is 13.8. The summed E-state index contributed by atoms with van der Waals surface area (Å²) in [6.45, 7) is 3.41. The Kier molecular flexibility index (Phi) is 4.80. The Labute approximate surface area is 118 Å². The number of likely N-dealkylation sites (tertiary alicyclic amines) is 1. The summed E-state index contributed by atoms with van der Waals surface area (Å²) in [7, 11) is 0. The van der Waals surface area contributed by atoms with Crippen molar-refractivity contribution in [2.45, 2.75) is 31.9 Å². The molecule has 104 valence electrons. The van der Waals surface area contributed by atoms with Gasteiger partial charge in [0.05, 0.1) is 12.1 Å². The number of aliphatic hydroxyl groups excluding tert-OH is 1. The van der Waals surface area contributed by atoms with Gasteiger partial charge in [-0.25, -0.2) is 0 Å². The minimum absolute atomic E-state index is 0.0290. The van der Waals surface area contributed by atoms with E-state index in [2.05, 4.69) is 10.2 Å². The van der Waals surface area contributed by atoms with Gasteiger partial charge < -0.3 is 10.4 Å². The third kappa shape index (κ3) is 3.93. The van der Waals surface area contributed by atoms with Gasteiger partial charge in [-0.05, 0) is 44.0 Å². The van der Waals surface area contributed by atoms with E-state index in [1.165, 1.54) is 0 Å². The number of carbonyl (C=O) groups is 1. The quantitative estimate of drug-likeness (QED) is 0.893. The summed E-state index contributed by atoms with van der Waals surface area (Å²) in [5.41, 5.74) is 0.748. The predicted molar refractivity (Wildman–Crippen MR) is 76.4 cm³/mol. The Hall–Kier alpha value is -1.10. The topological polar surface area (TPSA) is 52.6 Å². The van der Waals surface area contributed by atoms with E-state index in [9.17, 15) is 9.90 Å². The van der Waals surface area contributed by atoms with Crippen LogP contribution in [-0.2, 0) is 4.79 Å². The summed E-state index contributed by atoms with van der Waals surface area (Å²) < 4.78 is 0. The Morgan fingerprint density at radius 2 is 1.95 bits per heavy atom. The van der Waals surface area contributed by atoms with Crippen molar-refractivity contribution in [2.75, 3.05) is 18.4 Å². The fourth-order valence-electron chi connectivity index (χ4n) is 2.22. The van der Waals surface area contributed by atoms with Gasteiger partial charge in [0.1, 0.15) is 0 Å². The number of carbonyl (C=O) groups excluding carboxylic acids is 1. The molecule has 1 aromatic carbocycles. The molecule has 1 unspecified atom stereocenters. The molecule has 1 aliphatic heterocycles. The fraction of sp³-hybridized carbons (Fsp3) is 0.500. The van der Waals surface area contributed by atoms with Gasteiger partial charge in [0.2, 0.25) is 5.91 Å². The van der Waals surface area contributed by atoms with Crippen LogP contribution < -0.4 is 5.32 Å². The highest BCUT2D eigenvalue weighted by Gasteiger charge is 2.25. The largest absolute Gasteiger partial charge is 0.393 e. The van der Waals surface area contributed by atoms with E-state index in [0.717, 1.165) is 31.6 Å². The van der Waals surface area contributed by atoms with Crippen molar-refractivity contribution < 1.29 is 9.90 Å². The molecule has 0 saturated carbocycles. The lowest BCUT2D eigenvalue weighted by Crippen LogP contribution is -2.47. The predicted octanol–water partition coefficient (Wildman–Crippen LogP) is 2.12. The summed E-state index contributed by atoms with van der Waals surface area (Å²) in [6.07, 6.45) is 1.25. The van der Waals surface area contributed by atoms with E-state index >= 15 is 0 Å². The third-order valence-electron chi connectivity index (χ3n) is 3.54. The average molecular weight is 283 g/mol. The Morgan fingerprint density at radius 1 is 1.37 bits per heavy atom. The number of amides is 1. The van der Waals surface area contributed by atoms with Gasteiger partial charge in [0.25, 0.3) is 0 Å². The van der Waals surface area contributed by atoms with Gasteiger partial charge in [0, 0.05) is 23.8 Å². The molecule has 0 radical (unpaired) electrons. The van der Waals surface area contributed by atoms with E-state index in [-0.39, 0.29) is 18.1 Å². The van der Waals surface area contributed by atoms with Crippen molar-refractivity contribution in [2.24, 2.45) is 0 Å². The lowest BCUT2D eigenvalue weighted by molar-refractivity contribution is -0.121. The lowest BCUT2D eigenvalue weighted by atomic mass is 10.1. The number of nitrogens with one attached hydrogen (secondary N) is 1. The van der Waals surface area contributed by atoms with Crippen molar-refractivity contribution in [3.8, 4) is 0 Å². The molecule has 5 heteroatoms. The number of rotatable bonds is 3. The molecule has 1 fully saturated rings. The summed E-state index contributed by atoms with van der Waals surface area (Å²) in [4.78, 5) is 14.2. The number of hydrogen-bond acceptors (Lipinski definition) is 3. The van der Waals surface area contributed by atoms with Crippen LogP contribution in [0.1, 0.15) is 19.8 Å². The average Bonchev–Trinajstić information content (AvgIpc) is 2.41. The molecule has 1 heterocycles. The highest BCUT2D eigenvalue weighted by atomic mass is 35.5. The molecule has 4 nitrogen and oxygen atoms in total. The van der Waals surface area contributed by atoms with Crippen molar-refractivity contribution in [3.63, 3.8) is 0 Å². The van der Waals surface area contributed by atoms with Gasteiger partial charge in [-0.2, -0.15) is 0 Å². The molecule has 1 atom stereocenters. The number of aliphatic hydroxyl groups is 1.